The van der Waals surface area contributed by atoms with Gasteiger partial charge in [0.2, 0.25) is 6.29 Å². The molecule has 194 valence electrons. The van der Waals surface area contributed by atoms with Gasteiger partial charge in [0.25, 0.3) is 0 Å². The average Bonchev–Trinajstić information content (AvgIpc) is 2.80. The molecule has 1 fully saturated rings. The summed E-state index contributed by atoms with van der Waals surface area (Å²) < 4.78 is 28.3. The molecule has 4 atom stereocenters. The van der Waals surface area contributed by atoms with Crippen molar-refractivity contribution < 1.29 is 48.0 Å². The van der Waals surface area contributed by atoms with Crippen LogP contribution >= 0.6 is 0 Å². The first kappa shape index (κ1) is 28.1. The maximum absolute atomic E-state index is 12.3. The molecular weight excluding hydrogens is 460 g/mol. The van der Waals surface area contributed by atoms with Gasteiger partial charge in [-0.1, -0.05) is 32.9 Å². The Morgan fingerprint density at radius 3 is 2.14 bits per heavy atom. The Hall–Kier alpha value is -3.14. The molecule has 0 radical (unpaired) electrons. The number of benzene rings is 1. The normalized spacial score (nSPS) is 21.6. The monoisotopic (exact) mass is 494 g/mol. The third-order valence-electron chi connectivity index (χ3n) is 5.18. The van der Waals surface area contributed by atoms with Crippen molar-refractivity contribution in [2.45, 2.75) is 90.3 Å². The van der Waals surface area contributed by atoms with Gasteiger partial charge in [0.15, 0.2) is 6.10 Å². The molecular formula is C25H34O10. The van der Waals surface area contributed by atoms with Crippen LogP contribution in [0.1, 0.15) is 76.1 Å². The van der Waals surface area contributed by atoms with E-state index in [-0.39, 0.29) is 43.6 Å². The minimum Gasteiger partial charge on any atom is -0.478 e. The summed E-state index contributed by atoms with van der Waals surface area (Å²) in [5.74, 6) is -2.56. The lowest BCUT2D eigenvalue weighted by atomic mass is 10.0. The van der Waals surface area contributed by atoms with Crippen LogP contribution in [0.5, 0.6) is 5.75 Å². The van der Waals surface area contributed by atoms with E-state index in [1.165, 1.54) is 12.1 Å². The molecule has 1 N–H and O–H groups in total. The Labute approximate surface area is 204 Å². The summed E-state index contributed by atoms with van der Waals surface area (Å²) >= 11 is 0. The molecule has 1 saturated heterocycles. The van der Waals surface area contributed by atoms with Crippen molar-refractivity contribution in [3.8, 4) is 5.75 Å². The van der Waals surface area contributed by atoms with Gasteiger partial charge in [-0.05, 0) is 31.4 Å². The number of carboxylic acid groups (broad SMARTS) is 1. The van der Waals surface area contributed by atoms with Crippen LogP contribution < -0.4 is 4.74 Å². The van der Waals surface area contributed by atoms with E-state index < -0.39 is 48.5 Å². The van der Waals surface area contributed by atoms with Crippen LogP contribution in [0.15, 0.2) is 24.3 Å². The van der Waals surface area contributed by atoms with Crippen molar-refractivity contribution in [3.63, 3.8) is 0 Å². The third kappa shape index (κ3) is 8.86. The van der Waals surface area contributed by atoms with Gasteiger partial charge in [-0.25, -0.2) is 4.79 Å². The molecule has 1 aliphatic rings. The number of para-hydroxylation sites is 1. The summed E-state index contributed by atoms with van der Waals surface area (Å²) in [5.41, 5.74) is -0.0713. The topological polar surface area (TPSA) is 135 Å². The number of aromatic carboxylic acids is 1. The van der Waals surface area contributed by atoms with Crippen LogP contribution in [0.4, 0.5) is 0 Å². The number of rotatable bonds is 13. The van der Waals surface area contributed by atoms with E-state index in [1.54, 1.807) is 12.1 Å². The molecule has 10 heteroatoms. The Kier molecular flexibility index (Phi) is 11.5. The maximum atomic E-state index is 12.3. The SMILES string of the molecule is CCCC(=O)OCC1O[C@H](Oc2ccccc2C(=O)O)CC(OC(=O)CCC)[C@@H]1OC(=O)CCC. The molecule has 10 nitrogen and oxygen atoms in total. The summed E-state index contributed by atoms with van der Waals surface area (Å²) in [6.45, 7) is 5.23. The quantitative estimate of drug-likeness (QED) is 0.320. The zero-order valence-electron chi connectivity index (χ0n) is 20.4. The largest absolute Gasteiger partial charge is 0.478 e. The van der Waals surface area contributed by atoms with Crippen LogP contribution in [0.25, 0.3) is 0 Å². The van der Waals surface area contributed by atoms with Crippen molar-refractivity contribution in [2.75, 3.05) is 6.61 Å². The minimum atomic E-state index is -1.18. The van der Waals surface area contributed by atoms with Gasteiger partial charge in [0.05, 0.1) is 6.42 Å². The van der Waals surface area contributed by atoms with E-state index in [9.17, 15) is 24.3 Å². The van der Waals surface area contributed by atoms with Crippen molar-refractivity contribution in [1.29, 1.82) is 0 Å². The molecule has 0 bridgehead atoms. The van der Waals surface area contributed by atoms with E-state index in [0.717, 1.165) is 0 Å². The lowest BCUT2D eigenvalue weighted by Crippen LogP contribution is -2.55. The number of carbonyl (C=O) groups excluding carboxylic acids is 3. The lowest BCUT2D eigenvalue weighted by Gasteiger charge is -2.40. The number of ether oxygens (including phenoxy) is 5. The predicted molar refractivity (Wildman–Crippen MR) is 123 cm³/mol. The minimum absolute atomic E-state index is 0.0209. The molecule has 2 rings (SSSR count). The third-order valence-corrected chi connectivity index (χ3v) is 5.18. The van der Waals surface area contributed by atoms with Crippen molar-refractivity contribution in [2.24, 2.45) is 0 Å². The number of esters is 3. The standard InChI is InChI=1S/C25H34O10/c1-4-9-20(26)31-15-19-24(35-22(28)11-6-3)18(32-21(27)10-5-2)14-23(34-19)33-17-13-8-7-12-16(17)25(29)30/h7-8,12-13,18-19,23-24H,4-6,9-11,14-15H2,1-3H3,(H,29,30)/t18?,19?,23-,24-/m0/s1. The number of carboxylic acids is 1. The highest BCUT2D eigenvalue weighted by Gasteiger charge is 2.45. The molecule has 0 aliphatic carbocycles. The van der Waals surface area contributed by atoms with Gasteiger partial charge >= 0.3 is 23.9 Å². The molecule has 1 heterocycles. The summed E-state index contributed by atoms with van der Waals surface area (Å²) in [6.07, 6.45) is -1.81. The first-order chi connectivity index (χ1) is 16.8. The molecule has 2 unspecified atom stereocenters. The van der Waals surface area contributed by atoms with Gasteiger partial charge in [0.1, 0.15) is 30.1 Å². The highest BCUT2D eigenvalue weighted by atomic mass is 16.7. The van der Waals surface area contributed by atoms with Crippen LogP contribution in [0.3, 0.4) is 0 Å². The molecule has 1 aromatic rings. The van der Waals surface area contributed by atoms with Gasteiger partial charge in [0, 0.05) is 19.3 Å². The van der Waals surface area contributed by atoms with Crippen molar-refractivity contribution in [3.05, 3.63) is 29.8 Å². The van der Waals surface area contributed by atoms with Crippen molar-refractivity contribution in [1.82, 2.24) is 0 Å². The van der Waals surface area contributed by atoms with E-state index in [2.05, 4.69) is 0 Å². The summed E-state index contributed by atoms with van der Waals surface area (Å²) in [5, 5.41) is 9.46. The van der Waals surface area contributed by atoms with Gasteiger partial charge < -0.3 is 28.8 Å². The maximum Gasteiger partial charge on any atom is 0.339 e. The molecule has 1 aliphatic heterocycles. The van der Waals surface area contributed by atoms with Crippen LogP contribution in [0.2, 0.25) is 0 Å². The van der Waals surface area contributed by atoms with Gasteiger partial charge in [-0.15, -0.1) is 0 Å². The van der Waals surface area contributed by atoms with Crippen LogP contribution in [-0.4, -0.2) is 60.2 Å². The molecule has 1 aromatic carbocycles. The Balaban J connectivity index is 2.31. The number of hydrogen-bond acceptors (Lipinski definition) is 9. The predicted octanol–water partition coefficient (Wildman–Crippen LogP) is 3.65. The summed E-state index contributed by atoms with van der Waals surface area (Å²) in [7, 11) is 0. The molecule has 0 spiro atoms. The summed E-state index contributed by atoms with van der Waals surface area (Å²) in [6, 6.07) is 6.04. The van der Waals surface area contributed by atoms with E-state index in [4.69, 9.17) is 23.7 Å². The van der Waals surface area contributed by atoms with E-state index >= 15 is 0 Å². The smallest absolute Gasteiger partial charge is 0.339 e. The fourth-order valence-corrected chi connectivity index (χ4v) is 3.55. The first-order valence-electron chi connectivity index (χ1n) is 12.0. The Morgan fingerprint density at radius 2 is 1.51 bits per heavy atom. The van der Waals surface area contributed by atoms with E-state index in [0.29, 0.717) is 19.3 Å². The molecule has 0 saturated carbocycles. The Morgan fingerprint density at radius 1 is 0.914 bits per heavy atom. The van der Waals surface area contributed by atoms with E-state index in [1.807, 2.05) is 20.8 Å². The highest BCUT2D eigenvalue weighted by Crippen LogP contribution is 2.30. The fraction of sp³-hybridized carbons (Fsp3) is 0.600. The average molecular weight is 495 g/mol. The second-order valence-electron chi connectivity index (χ2n) is 8.17. The number of hydrogen-bond donors (Lipinski definition) is 1. The zero-order chi connectivity index (χ0) is 25.8. The highest BCUT2D eigenvalue weighted by molar-refractivity contribution is 5.90. The van der Waals surface area contributed by atoms with Crippen molar-refractivity contribution >= 4 is 23.9 Å². The lowest BCUT2D eigenvalue weighted by molar-refractivity contribution is -0.247. The second kappa shape index (κ2) is 14.3. The molecule has 0 amide bonds. The zero-order valence-corrected chi connectivity index (χ0v) is 20.4. The number of carbonyl (C=O) groups is 4. The van der Waals surface area contributed by atoms with Gasteiger partial charge in [-0.2, -0.15) is 0 Å². The molecule has 35 heavy (non-hydrogen) atoms. The summed E-state index contributed by atoms with van der Waals surface area (Å²) in [4.78, 5) is 48.2. The van der Waals surface area contributed by atoms with Gasteiger partial charge in [-0.3, -0.25) is 14.4 Å². The Bertz CT molecular complexity index is 868. The van der Waals surface area contributed by atoms with Crippen LogP contribution in [0, 0.1) is 0 Å². The molecule has 0 aromatic heterocycles. The second-order valence-corrected chi connectivity index (χ2v) is 8.17. The fourth-order valence-electron chi connectivity index (χ4n) is 3.55. The van der Waals surface area contributed by atoms with Crippen LogP contribution in [-0.2, 0) is 33.3 Å². The first-order valence-corrected chi connectivity index (χ1v) is 12.0.